The maximum Gasteiger partial charge on any atom is 0.0462 e. The highest BCUT2D eigenvalue weighted by molar-refractivity contribution is 5.79. The fourth-order valence-corrected chi connectivity index (χ4v) is 6.29. The predicted molar refractivity (Wildman–Crippen MR) is 209 cm³/mol. The van der Waals surface area contributed by atoms with Gasteiger partial charge in [-0.15, -0.1) is 0 Å². The van der Waals surface area contributed by atoms with E-state index in [2.05, 4.69) is 207 Å². The number of nitrogens with zero attached hydrogens (tertiary/aromatic N) is 2. The quantitative estimate of drug-likeness (QED) is 0.156. The van der Waals surface area contributed by atoms with Crippen molar-refractivity contribution in [1.29, 1.82) is 0 Å². The minimum Gasteiger partial charge on any atom is -0.311 e. The number of benzene rings is 7. The second-order valence-corrected chi connectivity index (χ2v) is 13.1. The summed E-state index contributed by atoms with van der Waals surface area (Å²) in [6.45, 7) is 8.52. The molecule has 0 bridgehead atoms. The molecule has 7 rings (SSSR count). The van der Waals surface area contributed by atoms with E-state index in [1.807, 2.05) is 0 Å². The molecule has 0 aliphatic heterocycles. The molecule has 240 valence electrons. The number of hydrogen-bond acceptors (Lipinski definition) is 2. The first-order chi connectivity index (χ1) is 23.9. The van der Waals surface area contributed by atoms with Gasteiger partial charge in [-0.2, -0.15) is 0 Å². The molecule has 7 aromatic carbocycles. The lowest BCUT2D eigenvalue weighted by molar-refractivity contribution is 1.18. The van der Waals surface area contributed by atoms with Gasteiger partial charge in [0.2, 0.25) is 0 Å². The van der Waals surface area contributed by atoms with Crippen molar-refractivity contribution in [1.82, 2.24) is 0 Å². The summed E-state index contributed by atoms with van der Waals surface area (Å²) in [6.07, 6.45) is 0.886. The van der Waals surface area contributed by atoms with Crippen LogP contribution in [0.4, 0.5) is 34.1 Å². The first-order valence-electron chi connectivity index (χ1n) is 17.0. The Morgan fingerprint density at radius 1 is 0.265 bits per heavy atom. The van der Waals surface area contributed by atoms with E-state index in [9.17, 15) is 0 Å². The molecule has 2 heteroatoms. The van der Waals surface area contributed by atoms with Gasteiger partial charge in [0.15, 0.2) is 0 Å². The van der Waals surface area contributed by atoms with Gasteiger partial charge in [0.25, 0.3) is 0 Å². The second kappa shape index (κ2) is 14.1. The summed E-state index contributed by atoms with van der Waals surface area (Å²) in [4.78, 5) is 4.64. The highest BCUT2D eigenvalue weighted by Crippen LogP contribution is 2.37. The molecule has 0 saturated carbocycles. The Hall–Kier alpha value is -5.86. The Bertz CT molecular complexity index is 2020. The van der Waals surface area contributed by atoms with E-state index < -0.39 is 0 Å². The van der Waals surface area contributed by atoms with Gasteiger partial charge in [0.05, 0.1) is 0 Å². The van der Waals surface area contributed by atoms with E-state index in [1.54, 1.807) is 0 Å². The number of rotatable bonds is 9. The second-order valence-electron chi connectivity index (χ2n) is 13.1. The zero-order chi connectivity index (χ0) is 33.7. The number of aryl methyl sites for hydroxylation is 4. The van der Waals surface area contributed by atoms with Crippen LogP contribution in [-0.2, 0) is 6.42 Å². The van der Waals surface area contributed by atoms with E-state index in [0.717, 1.165) is 40.5 Å². The number of anilines is 6. The van der Waals surface area contributed by atoms with Crippen molar-refractivity contribution >= 4 is 34.1 Å². The summed E-state index contributed by atoms with van der Waals surface area (Å²) in [5, 5.41) is 0. The summed E-state index contributed by atoms with van der Waals surface area (Å²) in [5.74, 6) is 0. The molecular formula is C47H42N2. The van der Waals surface area contributed by atoms with Crippen LogP contribution in [0.25, 0.3) is 11.1 Å². The maximum absolute atomic E-state index is 2.32. The van der Waals surface area contributed by atoms with E-state index in [4.69, 9.17) is 0 Å². The van der Waals surface area contributed by atoms with Crippen LogP contribution >= 0.6 is 0 Å². The molecule has 0 atom stereocenters. The van der Waals surface area contributed by atoms with Gasteiger partial charge < -0.3 is 9.80 Å². The number of hydrogen-bond donors (Lipinski definition) is 0. The minimum absolute atomic E-state index is 0.886. The van der Waals surface area contributed by atoms with Crippen LogP contribution in [0, 0.1) is 27.7 Å². The standard InChI is InChI=1S/C47H42N2/c1-34-5-21-42(22-6-34)48(43-23-7-35(2)8-24-43)46-29-15-39(16-30-46)33-38-13-17-40(18-14-38)41-19-31-47(32-20-41)49(44-25-9-36(3)10-26-44)45-27-11-37(4)12-28-45/h5-32H,33H2,1-4H3. The Kier molecular flexibility index (Phi) is 9.12. The van der Waals surface area contributed by atoms with Gasteiger partial charge in [-0.1, -0.05) is 119 Å². The normalized spacial score (nSPS) is 10.9. The maximum atomic E-state index is 2.32. The van der Waals surface area contributed by atoms with Crippen LogP contribution in [0.15, 0.2) is 170 Å². The lowest BCUT2D eigenvalue weighted by atomic mass is 9.99. The average molecular weight is 635 g/mol. The fourth-order valence-electron chi connectivity index (χ4n) is 6.29. The average Bonchev–Trinajstić information content (AvgIpc) is 3.13. The Morgan fingerprint density at radius 3 is 0.755 bits per heavy atom. The molecule has 0 N–H and O–H groups in total. The molecular weight excluding hydrogens is 593 g/mol. The van der Waals surface area contributed by atoms with Crippen molar-refractivity contribution in [3.05, 3.63) is 203 Å². The fraction of sp³-hybridized carbons (Fsp3) is 0.106. The van der Waals surface area contributed by atoms with Crippen molar-refractivity contribution in [2.75, 3.05) is 9.80 Å². The zero-order valence-electron chi connectivity index (χ0n) is 28.8. The summed E-state index contributed by atoms with van der Waals surface area (Å²) in [5.41, 5.74) is 16.9. The van der Waals surface area contributed by atoms with Crippen LogP contribution < -0.4 is 9.80 Å². The topological polar surface area (TPSA) is 6.48 Å². The van der Waals surface area contributed by atoms with Gasteiger partial charge in [0, 0.05) is 34.1 Å². The molecule has 0 aliphatic rings. The first kappa shape index (κ1) is 31.7. The largest absolute Gasteiger partial charge is 0.311 e. The van der Waals surface area contributed by atoms with Crippen LogP contribution in [0.2, 0.25) is 0 Å². The predicted octanol–water partition coefficient (Wildman–Crippen LogP) is 13.1. The zero-order valence-corrected chi connectivity index (χ0v) is 28.8. The van der Waals surface area contributed by atoms with Crippen LogP contribution in [-0.4, -0.2) is 0 Å². The summed E-state index contributed by atoms with van der Waals surface area (Å²) >= 11 is 0. The third-order valence-electron chi connectivity index (χ3n) is 9.18. The molecule has 0 heterocycles. The van der Waals surface area contributed by atoms with E-state index in [-0.39, 0.29) is 0 Å². The van der Waals surface area contributed by atoms with E-state index in [1.165, 1.54) is 44.5 Å². The highest BCUT2D eigenvalue weighted by atomic mass is 15.1. The van der Waals surface area contributed by atoms with Crippen molar-refractivity contribution in [3.8, 4) is 11.1 Å². The molecule has 7 aromatic rings. The molecule has 0 fully saturated rings. The first-order valence-corrected chi connectivity index (χ1v) is 17.0. The van der Waals surface area contributed by atoms with E-state index in [0.29, 0.717) is 0 Å². The van der Waals surface area contributed by atoms with Crippen LogP contribution in [0.5, 0.6) is 0 Å². The van der Waals surface area contributed by atoms with Crippen molar-refractivity contribution in [3.63, 3.8) is 0 Å². The monoisotopic (exact) mass is 634 g/mol. The van der Waals surface area contributed by atoms with Crippen molar-refractivity contribution in [2.45, 2.75) is 34.1 Å². The lowest BCUT2D eigenvalue weighted by Gasteiger charge is -2.26. The molecule has 49 heavy (non-hydrogen) atoms. The Labute approximate surface area is 291 Å². The molecule has 0 aromatic heterocycles. The summed E-state index contributed by atoms with van der Waals surface area (Å²) in [7, 11) is 0. The van der Waals surface area contributed by atoms with Gasteiger partial charge in [-0.05, 0) is 129 Å². The Morgan fingerprint density at radius 2 is 0.469 bits per heavy atom. The third kappa shape index (κ3) is 7.35. The van der Waals surface area contributed by atoms with Crippen LogP contribution in [0.1, 0.15) is 33.4 Å². The molecule has 0 unspecified atom stereocenters. The molecule has 0 amide bonds. The van der Waals surface area contributed by atoms with Gasteiger partial charge in [-0.3, -0.25) is 0 Å². The van der Waals surface area contributed by atoms with Crippen molar-refractivity contribution in [2.24, 2.45) is 0 Å². The molecule has 0 radical (unpaired) electrons. The molecule has 0 saturated heterocycles. The molecule has 2 nitrogen and oxygen atoms in total. The van der Waals surface area contributed by atoms with Crippen molar-refractivity contribution < 1.29 is 0 Å². The SMILES string of the molecule is Cc1ccc(N(c2ccc(C)cc2)c2ccc(Cc3ccc(-c4ccc(N(c5ccc(C)cc5)c5ccc(C)cc5)cc4)cc3)cc2)cc1. The van der Waals surface area contributed by atoms with E-state index >= 15 is 0 Å². The minimum atomic E-state index is 0.886. The third-order valence-corrected chi connectivity index (χ3v) is 9.18. The molecule has 0 aliphatic carbocycles. The van der Waals surface area contributed by atoms with Gasteiger partial charge in [0.1, 0.15) is 0 Å². The van der Waals surface area contributed by atoms with Gasteiger partial charge >= 0.3 is 0 Å². The highest BCUT2D eigenvalue weighted by Gasteiger charge is 2.14. The van der Waals surface area contributed by atoms with Gasteiger partial charge in [-0.25, -0.2) is 0 Å². The lowest BCUT2D eigenvalue weighted by Crippen LogP contribution is -2.10. The molecule has 0 spiro atoms. The smallest absolute Gasteiger partial charge is 0.0462 e. The summed E-state index contributed by atoms with van der Waals surface area (Å²) in [6, 6.07) is 61.8. The summed E-state index contributed by atoms with van der Waals surface area (Å²) < 4.78 is 0. The Balaban J connectivity index is 1.08. The van der Waals surface area contributed by atoms with Crippen LogP contribution in [0.3, 0.4) is 0 Å².